The predicted octanol–water partition coefficient (Wildman–Crippen LogP) is 3.17. The third kappa shape index (κ3) is 4.68. The number of piperazine rings is 1. The van der Waals surface area contributed by atoms with Crippen LogP contribution in [0.1, 0.15) is 15.9 Å². The molecule has 0 spiro atoms. The Morgan fingerprint density at radius 3 is 2.76 bits per heavy atom. The number of hydrogen-bond donors (Lipinski definition) is 1. The van der Waals surface area contributed by atoms with Crippen LogP contribution in [0.5, 0.6) is 5.75 Å². The highest BCUT2D eigenvalue weighted by molar-refractivity contribution is 7.22. The minimum absolute atomic E-state index is 0.00256. The maximum Gasteiger partial charge on any atom is 0.251 e. The first-order valence-electron chi connectivity index (χ1n) is 9.89. The second kappa shape index (κ2) is 8.80. The Balaban J connectivity index is 1.26. The number of fused-ring (bicyclic) bond motifs is 1. The number of ether oxygens (including phenoxy) is 1. The van der Waals surface area contributed by atoms with E-state index >= 15 is 0 Å². The molecule has 0 aliphatic carbocycles. The van der Waals surface area contributed by atoms with E-state index in [2.05, 4.69) is 15.1 Å². The van der Waals surface area contributed by atoms with Gasteiger partial charge in [0, 0.05) is 44.8 Å². The highest BCUT2D eigenvalue weighted by Crippen LogP contribution is 2.31. The number of hydrogen-bond acceptors (Lipinski definition) is 6. The maximum absolute atomic E-state index is 12.3. The number of amides is 1. The standard InChI is InChI=1S/C22H26N4O2S/c1-16-4-3-5-17(14-16)21(27)23-8-9-25-10-12-26(13-11-25)22-24-19-7-6-18(28-2)15-20(19)29-22/h3-7,14-15H,8-13H2,1-2H3,(H,23,27). The van der Waals surface area contributed by atoms with E-state index in [0.29, 0.717) is 6.54 Å². The molecule has 1 amide bonds. The van der Waals surface area contributed by atoms with Gasteiger partial charge >= 0.3 is 0 Å². The van der Waals surface area contributed by atoms with E-state index in [0.717, 1.165) is 64.9 Å². The van der Waals surface area contributed by atoms with Crippen LogP contribution in [0.25, 0.3) is 10.2 Å². The molecule has 152 valence electrons. The Labute approximate surface area is 175 Å². The molecule has 0 bridgehead atoms. The number of rotatable bonds is 6. The molecule has 0 radical (unpaired) electrons. The summed E-state index contributed by atoms with van der Waals surface area (Å²) in [6, 6.07) is 13.7. The summed E-state index contributed by atoms with van der Waals surface area (Å²) in [6.45, 7) is 7.36. The second-order valence-corrected chi connectivity index (χ2v) is 8.29. The summed E-state index contributed by atoms with van der Waals surface area (Å²) >= 11 is 1.71. The topological polar surface area (TPSA) is 57.7 Å². The van der Waals surface area contributed by atoms with Gasteiger partial charge in [-0.05, 0) is 37.3 Å². The molecule has 3 aromatic rings. The van der Waals surface area contributed by atoms with Crippen molar-refractivity contribution in [3.8, 4) is 5.75 Å². The lowest BCUT2D eigenvalue weighted by atomic mass is 10.1. The zero-order valence-electron chi connectivity index (χ0n) is 16.9. The number of aromatic nitrogens is 1. The van der Waals surface area contributed by atoms with E-state index in [1.165, 1.54) is 0 Å². The monoisotopic (exact) mass is 410 g/mol. The molecule has 1 aliphatic heterocycles. The van der Waals surface area contributed by atoms with E-state index in [1.54, 1.807) is 18.4 Å². The number of nitrogens with one attached hydrogen (secondary N) is 1. The van der Waals surface area contributed by atoms with Crippen molar-refractivity contribution in [2.75, 3.05) is 51.3 Å². The largest absolute Gasteiger partial charge is 0.497 e. The predicted molar refractivity (Wildman–Crippen MR) is 118 cm³/mol. The van der Waals surface area contributed by atoms with Gasteiger partial charge in [-0.15, -0.1) is 0 Å². The van der Waals surface area contributed by atoms with Crippen molar-refractivity contribution in [2.24, 2.45) is 0 Å². The van der Waals surface area contributed by atoms with Crippen molar-refractivity contribution in [3.63, 3.8) is 0 Å². The Hall–Kier alpha value is -2.64. The molecule has 1 saturated heterocycles. The molecule has 0 unspecified atom stereocenters. The molecule has 0 atom stereocenters. The van der Waals surface area contributed by atoms with Gasteiger partial charge in [0.1, 0.15) is 5.75 Å². The summed E-state index contributed by atoms with van der Waals surface area (Å²) in [5.41, 5.74) is 2.84. The van der Waals surface area contributed by atoms with Gasteiger partial charge in [0.15, 0.2) is 5.13 Å². The van der Waals surface area contributed by atoms with Crippen LogP contribution in [-0.4, -0.2) is 62.2 Å². The summed E-state index contributed by atoms with van der Waals surface area (Å²) in [5.74, 6) is 0.863. The first-order chi connectivity index (χ1) is 14.1. The van der Waals surface area contributed by atoms with Crippen molar-refractivity contribution < 1.29 is 9.53 Å². The number of aryl methyl sites for hydroxylation is 1. The number of thiazole rings is 1. The molecule has 6 nitrogen and oxygen atoms in total. The molecular weight excluding hydrogens is 384 g/mol. The summed E-state index contributed by atoms with van der Waals surface area (Å²) in [7, 11) is 1.69. The summed E-state index contributed by atoms with van der Waals surface area (Å²) < 4.78 is 6.46. The number of carbonyl (C=O) groups is 1. The average Bonchev–Trinajstić information content (AvgIpc) is 3.17. The highest BCUT2D eigenvalue weighted by atomic mass is 32.1. The number of benzene rings is 2. The molecule has 4 rings (SSSR count). The zero-order chi connectivity index (χ0) is 20.2. The van der Waals surface area contributed by atoms with Crippen LogP contribution in [0, 0.1) is 6.92 Å². The van der Waals surface area contributed by atoms with Crippen LogP contribution in [0.4, 0.5) is 5.13 Å². The van der Waals surface area contributed by atoms with Crippen LogP contribution in [0.15, 0.2) is 42.5 Å². The highest BCUT2D eigenvalue weighted by Gasteiger charge is 2.20. The Kier molecular flexibility index (Phi) is 5.97. The van der Waals surface area contributed by atoms with E-state index in [-0.39, 0.29) is 5.91 Å². The van der Waals surface area contributed by atoms with Crippen molar-refractivity contribution >= 4 is 32.6 Å². The first-order valence-corrected chi connectivity index (χ1v) is 10.7. The lowest BCUT2D eigenvalue weighted by molar-refractivity contribution is 0.0947. The molecule has 1 fully saturated rings. The van der Waals surface area contributed by atoms with Crippen LogP contribution in [-0.2, 0) is 0 Å². The minimum atomic E-state index is -0.00256. The van der Waals surface area contributed by atoms with E-state index in [4.69, 9.17) is 9.72 Å². The van der Waals surface area contributed by atoms with Gasteiger partial charge in [-0.3, -0.25) is 9.69 Å². The number of methoxy groups -OCH3 is 1. The van der Waals surface area contributed by atoms with Crippen molar-refractivity contribution in [3.05, 3.63) is 53.6 Å². The smallest absolute Gasteiger partial charge is 0.251 e. The fraction of sp³-hybridized carbons (Fsp3) is 0.364. The van der Waals surface area contributed by atoms with Crippen LogP contribution >= 0.6 is 11.3 Å². The van der Waals surface area contributed by atoms with Gasteiger partial charge in [-0.1, -0.05) is 29.0 Å². The van der Waals surface area contributed by atoms with Gasteiger partial charge in [-0.25, -0.2) is 4.98 Å². The molecular formula is C22H26N4O2S. The van der Waals surface area contributed by atoms with Gasteiger partial charge in [0.2, 0.25) is 0 Å². The lowest BCUT2D eigenvalue weighted by Crippen LogP contribution is -2.48. The molecule has 2 heterocycles. The zero-order valence-corrected chi connectivity index (χ0v) is 17.7. The number of carbonyl (C=O) groups excluding carboxylic acids is 1. The average molecular weight is 411 g/mol. The molecule has 0 saturated carbocycles. The van der Waals surface area contributed by atoms with Gasteiger partial charge in [-0.2, -0.15) is 0 Å². The van der Waals surface area contributed by atoms with Gasteiger partial charge < -0.3 is 15.0 Å². The quantitative estimate of drug-likeness (QED) is 0.677. The van der Waals surface area contributed by atoms with Crippen LogP contribution in [0.3, 0.4) is 0 Å². The van der Waals surface area contributed by atoms with E-state index in [1.807, 2.05) is 49.4 Å². The summed E-state index contributed by atoms with van der Waals surface area (Å²) in [5, 5.41) is 4.10. The van der Waals surface area contributed by atoms with Crippen molar-refractivity contribution in [1.82, 2.24) is 15.2 Å². The van der Waals surface area contributed by atoms with Crippen molar-refractivity contribution in [2.45, 2.75) is 6.92 Å². The van der Waals surface area contributed by atoms with Crippen LogP contribution < -0.4 is 15.0 Å². The minimum Gasteiger partial charge on any atom is -0.497 e. The fourth-order valence-electron chi connectivity index (χ4n) is 3.53. The van der Waals surface area contributed by atoms with Gasteiger partial charge in [0.25, 0.3) is 5.91 Å². The summed E-state index contributed by atoms with van der Waals surface area (Å²) in [4.78, 5) is 21.8. The van der Waals surface area contributed by atoms with Crippen molar-refractivity contribution in [1.29, 1.82) is 0 Å². The third-order valence-corrected chi connectivity index (χ3v) is 6.30. The molecule has 7 heteroatoms. The maximum atomic E-state index is 12.3. The molecule has 1 aliphatic rings. The molecule has 2 aromatic carbocycles. The van der Waals surface area contributed by atoms with E-state index in [9.17, 15) is 4.79 Å². The molecule has 1 N–H and O–H groups in total. The Morgan fingerprint density at radius 2 is 2.00 bits per heavy atom. The molecule has 29 heavy (non-hydrogen) atoms. The third-order valence-electron chi connectivity index (χ3n) is 5.22. The SMILES string of the molecule is COc1ccc2nc(N3CCN(CCNC(=O)c4cccc(C)c4)CC3)sc2c1. The van der Waals surface area contributed by atoms with Crippen LogP contribution in [0.2, 0.25) is 0 Å². The first kappa shape index (κ1) is 19.7. The second-order valence-electron chi connectivity index (χ2n) is 7.28. The molecule has 1 aromatic heterocycles. The lowest BCUT2D eigenvalue weighted by Gasteiger charge is -2.34. The normalized spacial score (nSPS) is 14.9. The number of anilines is 1. The fourth-order valence-corrected chi connectivity index (χ4v) is 4.58. The Morgan fingerprint density at radius 1 is 1.17 bits per heavy atom. The van der Waals surface area contributed by atoms with E-state index < -0.39 is 0 Å². The van der Waals surface area contributed by atoms with Gasteiger partial charge in [0.05, 0.1) is 17.3 Å². The Bertz CT molecular complexity index is 995. The summed E-state index contributed by atoms with van der Waals surface area (Å²) in [6.07, 6.45) is 0. The number of nitrogens with zero attached hydrogens (tertiary/aromatic N) is 3.